The van der Waals surface area contributed by atoms with Crippen LogP contribution < -0.4 is 10.9 Å². The fraction of sp³-hybridized carbons (Fsp3) is 0.500. The van der Waals surface area contributed by atoms with E-state index < -0.39 is 0 Å². The molecule has 0 unspecified atom stereocenters. The number of anilines is 1. The van der Waals surface area contributed by atoms with Crippen molar-refractivity contribution in [3.05, 3.63) is 46.0 Å². The smallest absolute Gasteiger partial charge is 0.248 e. The minimum atomic E-state index is -0.145. The van der Waals surface area contributed by atoms with Gasteiger partial charge < -0.3 is 10.3 Å². The summed E-state index contributed by atoms with van der Waals surface area (Å²) in [6, 6.07) is 6.92. The molecule has 1 amide bonds. The molecule has 3 rings (SSSR count). The highest BCUT2D eigenvalue weighted by Gasteiger charge is 2.17. The Morgan fingerprint density at radius 3 is 2.75 bits per heavy atom. The summed E-state index contributed by atoms with van der Waals surface area (Å²) in [5.74, 6) is 1.01. The first-order valence-electron chi connectivity index (χ1n) is 8.74. The molecule has 0 aliphatic heterocycles. The lowest BCUT2D eigenvalue weighted by molar-refractivity contribution is -0.116. The van der Waals surface area contributed by atoms with E-state index in [0.29, 0.717) is 24.6 Å². The van der Waals surface area contributed by atoms with Crippen LogP contribution >= 0.6 is 0 Å². The molecule has 0 saturated heterocycles. The van der Waals surface area contributed by atoms with Gasteiger partial charge in [-0.3, -0.25) is 14.7 Å². The molecule has 1 fully saturated rings. The van der Waals surface area contributed by atoms with E-state index in [0.717, 1.165) is 11.4 Å². The first-order chi connectivity index (χ1) is 11.7. The van der Waals surface area contributed by atoms with Crippen LogP contribution in [0.2, 0.25) is 0 Å². The maximum Gasteiger partial charge on any atom is 0.248 e. The second-order valence-electron chi connectivity index (χ2n) is 6.49. The third-order valence-corrected chi connectivity index (χ3v) is 4.61. The number of carbonyl (C=O) groups is 1. The van der Waals surface area contributed by atoms with E-state index in [-0.39, 0.29) is 11.5 Å². The Morgan fingerprint density at radius 1 is 1.21 bits per heavy atom. The Labute approximate surface area is 141 Å². The molecule has 2 aromatic rings. The summed E-state index contributed by atoms with van der Waals surface area (Å²) in [7, 11) is 0. The van der Waals surface area contributed by atoms with Crippen molar-refractivity contribution >= 4 is 11.7 Å². The van der Waals surface area contributed by atoms with Crippen LogP contribution in [-0.2, 0) is 11.2 Å². The van der Waals surface area contributed by atoms with Gasteiger partial charge in [-0.2, -0.15) is 5.10 Å². The molecule has 1 aliphatic rings. The summed E-state index contributed by atoms with van der Waals surface area (Å²) in [5, 5.41) is 10.1. The molecule has 1 saturated carbocycles. The molecule has 0 radical (unpaired) electrons. The normalized spacial score (nSPS) is 15.8. The highest BCUT2D eigenvalue weighted by atomic mass is 16.1. The lowest BCUT2D eigenvalue weighted by atomic mass is 9.97. The van der Waals surface area contributed by atoms with E-state index >= 15 is 0 Å². The zero-order valence-electron chi connectivity index (χ0n) is 13.8. The Balaban J connectivity index is 1.52. The standard InChI is InChI=1S/C18H24N4O2/c23-17-9-5-8-14(19-17)10-11-18(24)20-16-12-15(21-22-16)13-6-3-1-2-4-7-13/h5,8-9,12-13H,1-4,6-7,10-11H2,(H,19,23)(H2,20,21,22,24). The van der Waals surface area contributed by atoms with E-state index in [2.05, 4.69) is 20.5 Å². The maximum atomic E-state index is 12.1. The topological polar surface area (TPSA) is 90.6 Å². The first-order valence-corrected chi connectivity index (χ1v) is 8.74. The minimum absolute atomic E-state index is 0.0985. The molecule has 0 atom stereocenters. The van der Waals surface area contributed by atoms with Crippen LogP contribution in [0.15, 0.2) is 29.1 Å². The molecule has 0 bridgehead atoms. The van der Waals surface area contributed by atoms with Gasteiger partial charge >= 0.3 is 0 Å². The van der Waals surface area contributed by atoms with E-state index in [1.165, 1.54) is 44.6 Å². The highest BCUT2D eigenvalue weighted by Crippen LogP contribution is 2.31. The van der Waals surface area contributed by atoms with Gasteiger partial charge in [0.2, 0.25) is 11.5 Å². The average Bonchev–Trinajstić information content (AvgIpc) is 2.86. The fourth-order valence-corrected chi connectivity index (χ4v) is 3.29. The van der Waals surface area contributed by atoms with Crippen molar-refractivity contribution in [3.8, 4) is 0 Å². The number of pyridine rings is 1. The molecule has 0 spiro atoms. The summed E-state index contributed by atoms with van der Waals surface area (Å²) in [6.07, 6.45) is 8.36. The van der Waals surface area contributed by atoms with Crippen molar-refractivity contribution in [2.45, 2.75) is 57.3 Å². The molecule has 128 valence electrons. The van der Waals surface area contributed by atoms with Crippen LogP contribution in [0.3, 0.4) is 0 Å². The second kappa shape index (κ2) is 7.95. The highest BCUT2D eigenvalue weighted by molar-refractivity contribution is 5.89. The van der Waals surface area contributed by atoms with E-state index in [1.807, 2.05) is 12.1 Å². The Morgan fingerprint density at radius 2 is 2.00 bits per heavy atom. The zero-order valence-corrected chi connectivity index (χ0v) is 13.8. The Bertz CT molecular complexity index is 726. The summed E-state index contributed by atoms with van der Waals surface area (Å²) >= 11 is 0. The molecule has 2 heterocycles. The number of hydrogen-bond acceptors (Lipinski definition) is 3. The van der Waals surface area contributed by atoms with Gasteiger partial charge in [0.15, 0.2) is 5.82 Å². The summed E-state index contributed by atoms with van der Waals surface area (Å²) in [4.78, 5) is 26.0. The number of nitrogens with one attached hydrogen (secondary N) is 3. The van der Waals surface area contributed by atoms with Gasteiger partial charge in [-0.25, -0.2) is 0 Å². The van der Waals surface area contributed by atoms with Crippen molar-refractivity contribution in [2.24, 2.45) is 0 Å². The van der Waals surface area contributed by atoms with Crippen molar-refractivity contribution in [1.29, 1.82) is 0 Å². The van der Waals surface area contributed by atoms with Crippen LogP contribution in [0.4, 0.5) is 5.82 Å². The van der Waals surface area contributed by atoms with Crippen LogP contribution in [0.25, 0.3) is 0 Å². The molecule has 1 aliphatic carbocycles. The van der Waals surface area contributed by atoms with Crippen LogP contribution in [0, 0.1) is 0 Å². The van der Waals surface area contributed by atoms with Crippen molar-refractivity contribution in [1.82, 2.24) is 15.2 Å². The lowest BCUT2D eigenvalue weighted by Crippen LogP contribution is -2.14. The summed E-state index contributed by atoms with van der Waals surface area (Å²) < 4.78 is 0. The number of H-pyrrole nitrogens is 2. The van der Waals surface area contributed by atoms with Gasteiger partial charge in [-0.1, -0.05) is 31.7 Å². The molecule has 6 nitrogen and oxygen atoms in total. The van der Waals surface area contributed by atoms with E-state index in [1.54, 1.807) is 6.07 Å². The number of carbonyl (C=O) groups excluding carboxylic acids is 1. The van der Waals surface area contributed by atoms with Gasteiger partial charge in [-0.15, -0.1) is 0 Å². The fourth-order valence-electron chi connectivity index (χ4n) is 3.29. The van der Waals surface area contributed by atoms with Crippen LogP contribution in [-0.4, -0.2) is 21.1 Å². The number of aromatic nitrogens is 3. The molecular weight excluding hydrogens is 304 g/mol. The van der Waals surface area contributed by atoms with Gasteiger partial charge in [0.1, 0.15) is 0 Å². The number of nitrogens with zero attached hydrogens (tertiary/aromatic N) is 1. The third-order valence-electron chi connectivity index (χ3n) is 4.61. The van der Waals surface area contributed by atoms with E-state index in [4.69, 9.17) is 0 Å². The maximum absolute atomic E-state index is 12.1. The molecule has 6 heteroatoms. The van der Waals surface area contributed by atoms with Crippen molar-refractivity contribution < 1.29 is 4.79 Å². The van der Waals surface area contributed by atoms with Crippen LogP contribution in [0.5, 0.6) is 0 Å². The van der Waals surface area contributed by atoms with E-state index in [9.17, 15) is 9.59 Å². The minimum Gasteiger partial charge on any atom is -0.326 e. The largest absolute Gasteiger partial charge is 0.326 e. The Hall–Kier alpha value is -2.37. The second-order valence-corrected chi connectivity index (χ2v) is 6.49. The third kappa shape index (κ3) is 4.57. The Kier molecular flexibility index (Phi) is 5.46. The lowest BCUT2D eigenvalue weighted by Gasteiger charge is -2.10. The SMILES string of the molecule is O=C(CCc1cccc(=O)[nH]1)Nc1cc(C2CCCCCC2)[nH]n1. The average molecular weight is 328 g/mol. The van der Waals surface area contributed by atoms with Gasteiger partial charge in [0, 0.05) is 35.9 Å². The van der Waals surface area contributed by atoms with Crippen molar-refractivity contribution in [3.63, 3.8) is 0 Å². The summed E-state index contributed by atoms with van der Waals surface area (Å²) in [5.41, 5.74) is 1.74. The van der Waals surface area contributed by atoms with Crippen molar-refractivity contribution in [2.75, 3.05) is 5.32 Å². The molecule has 0 aromatic carbocycles. The molecule has 24 heavy (non-hydrogen) atoms. The molecular formula is C18H24N4O2. The zero-order chi connectivity index (χ0) is 16.8. The number of rotatable bonds is 5. The predicted octanol–water partition coefficient (Wildman–Crippen LogP) is 3.11. The number of aryl methyl sites for hydroxylation is 1. The summed E-state index contributed by atoms with van der Waals surface area (Å²) in [6.45, 7) is 0. The monoisotopic (exact) mass is 328 g/mol. The first kappa shape index (κ1) is 16.5. The van der Waals surface area contributed by atoms with Gasteiger partial charge in [0.05, 0.1) is 0 Å². The quantitative estimate of drug-likeness (QED) is 0.737. The molecule has 2 aromatic heterocycles. The number of amides is 1. The number of hydrogen-bond donors (Lipinski definition) is 3. The number of aromatic amines is 2. The van der Waals surface area contributed by atoms with Crippen LogP contribution in [0.1, 0.15) is 62.3 Å². The predicted molar refractivity (Wildman–Crippen MR) is 93.0 cm³/mol. The molecule has 3 N–H and O–H groups in total. The van der Waals surface area contributed by atoms with Gasteiger partial charge in [-0.05, 0) is 25.3 Å². The van der Waals surface area contributed by atoms with Gasteiger partial charge in [0.25, 0.3) is 0 Å².